The van der Waals surface area contributed by atoms with E-state index in [4.69, 9.17) is 4.74 Å². The van der Waals surface area contributed by atoms with Gasteiger partial charge in [-0.3, -0.25) is 9.69 Å². The lowest BCUT2D eigenvalue weighted by Crippen LogP contribution is -2.34. The molecule has 0 aliphatic heterocycles. The molecule has 0 aromatic heterocycles. The van der Waals surface area contributed by atoms with Crippen LogP contribution in [-0.4, -0.2) is 37.5 Å². The fraction of sp³-hybridized carbons (Fsp3) is 0.159. The first-order valence-electron chi connectivity index (χ1n) is 17.1. The lowest BCUT2D eigenvalue weighted by Gasteiger charge is -2.21. The third-order valence-electron chi connectivity index (χ3n) is 8.65. The van der Waals surface area contributed by atoms with Gasteiger partial charge in [0.2, 0.25) is 0 Å². The standard InChI is InChI=1S/C44H41N3O4/c1-30(2)29-51-43(49)41(46-40-19-10-9-18-39(40)42(48)34-13-5-4-6-14-34)26-31-20-22-33(23-21-31)36-16-11-17-38(28-36)47(3)44(50)45-37-25-24-32-12-7-8-15-35(32)27-37/h4-25,27-28,30,41,46H,26,29H2,1-3H3,(H,45,50)/t41-/m0/s1. The second kappa shape index (κ2) is 16.0. The number of carbonyl (C=O) groups excluding carboxylic acids is 3. The first-order chi connectivity index (χ1) is 24.7. The highest BCUT2D eigenvalue weighted by molar-refractivity contribution is 6.12. The molecule has 0 radical (unpaired) electrons. The predicted molar refractivity (Wildman–Crippen MR) is 206 cm³/mol. The van der Waals surface area contributed by atoms with Gasteiger partial charge >= 0.3 is 12.0 Å². The highest BCUT2D eigenvalue weighted by Gasteiger charge is 2.24. The van der Waals surface area contributed by atoms with Crippen molar-refractivity contribution in [2.75, 3.05) is 29.2 Å². The van der Waals surface area contributed by atoms with Crippen molar-refractivity contribution in [2.45, 2.75) is 26.3 Å². The van der Waals surface area contributed by atoms with E-state index in [1.165, 1.54) is 0 Å². The number of nitrogens with zero attached hydrogens (tertiary/aromatic N) is 1. The van der Waals surface area contributed by atoms with Gasteiger partial charge in [0.05, 0.1) is 6.61 Å². The molecule has 2 N–H and O–H groups in total. The van der Waals surface area contributed by atoms with Crippen molar-refractivity contribution in [3.05, 3.63) is 162 Å². The zero-order chi connectivity index (χ0) is 35.7. The number of ether oxygens (including phenoxy) is 1. The van der Waals surface area contributed by atoms with Crippen LogP contribution in [0.15, 0.2) is 146 Å². The summed E-state index contributed by atoms with van der Waals surface area (Å²) in [5.74, 6) is -0.329. The summed E-state index contributed by atoms with van der Waals surface area (Å²) in [6, 6.07) is 45.1. The Bertz CT molecular complexity index is 2140. The molecule has 0 aliphatic rings. The summed E-state index contributed by atoms with van der Waals surface area (Å²) in [7, 11) is 1.75. The fourth-order valence-corrected chi connectivity index (χ4v) is 5.84. The minimum atomic E-state index is -0.725. The predicted octanol–water partition coefficient (Wildman–Crippen LogP) is 9.63. The molecule has 7 heteroatoms. The van der Waals surface area contributed by atoms with Crippen LogP contribution in [0, 0.1) is 5.92 Å². The number of urea groups is 1. The summed E-state index contributed by atoms with van der Waals surface area (Å²) in [5, 5.41) is 8.50. The number of esters is 1. The van der Waals surface area contributed by atoms with Gasteiger partial charge in [-0.2, -0.15) is 0 Å². The molecule has 0 spiro atoms. The fourth-order valence-electron chi connectivity index (χ4n) is 5.84. The molecule has 0 unspecified atom stereocenters. The molecule has 6 aromatic rings. The highest BCUT2D eigenvalue weighted by atomic mass is 16.5. The zero-order valence-corrected chi connectivity index (χ0v) is 29.0. The van der Waals surface area contributed by atoms with Gasteiger partial charge in [-0.05, 0) is 69.8 Å². The number of nitrogens with one attached hydrogen (secondary N) is 2. The third-order valence-corrected chi connectivity index (χ3v) is 8.65. The molecule has 1 atom stereocenters. The van der Waals surface area contributed by atoms with E-state index in [0.717, 1.165) is 38.8 Å². The summed E-state index contributed by atoms with van der Waals surface area (Å²) in [6.07, 6.45) is 0.350. The maximum Gasteiger partial charge on any atom is 0.328 e. The summed E-state index contributed by atoms with van der Waals surface area (Å²) in [6.45, 7) is 4.28. The molecule has 0 saturated heterocycles. The van der Waals surface area contributed by atoms with Gasteiger partial charge in [0.15, 0.2) is 5.78 Å². The lowest BCUT2D eigenvalue weighted by atomic mass is 9.98. The van der Waals surface area contributed by atoms with Crippen molar-refractivity contribution in [3.63, 3.8) is 0 Å². The summed E-state index contributed by atoms with van der Waals surface area (Å²) in [5.41, 5.74) is 5.94. The van der Waals surface area contributed by atoms with Gasteiger partial charge in [-0.1, -0.05) is 123 Å². The maximum absolute atomic E-state index is 13.4. The number of benzene rings is 6. The summed E-state index contributed by atoms with van der Waals surface area (Å²) in [4.78, 5) is 41.6. The van der Waals surface area contributed by atoms with Gasteiger partial charge in [-0.15, -0.1) is 0 Å². The van der Waals surface area contributed by atoms with Gasteiger partial charge in [0.25, 0.3) is 0 Å². The highest BCUT2D eigenvalue weighted by Crippen LogP contribution is 2.27. The Morgan fingerprint density at radius 2 is 1.39 bits per heavy atom. The van der Waals surface area contributed by atoms with E-state index < -0.39 is 6.04 Å². The Morgan fingerprint density at radius 1 is 0.686 bits per heavy atom. The van der Waals surface area contributed by atoms with Crippen LogP contribution in [-0.2, 0) is 16.0 Å². The van der Waals surface area contributed by atoms with Crippen LogP contribution in [0.3, 0.4) is 0 Å². The van der Waals surface area contributed by atoms with Crippen LogP contribution in [0.4, 0.5) is 21.9 Å². The lowest BCUT2D eigenvalue weighted by molar-refractivity contribution is -0.145. The monoisotopic (exact) mass is 675 g/mol. The SMILES string of the molecule is CC(C)COC(=O)[C@H](Cc1ccc(-c2cccc(N(C)C(=O)Nc3ccc4ccccc4c3)c2)cc1)Nc1ccccc1C(=O)c1ccccc1. The zero-order valence-electron chi connectivity index (χ0n) is 29.0. The van der Waals surface area contributed by atoms with Crippen molar-refractivity contribution in [2.24, 2.45) is 5.92 Å². The molecule has 2 amide bonds. The number of carbonyl (C=O) groups is 3. The van der Waals surface area contributed by atoms with Crippen LogP contribution in [0.2, 0.25) is 0 Å². The van der Waals surface area contributed by atoms with Crippen molar-refractivity contribution < 1.29 is 19.1 Å². The van der Waals surface area contributed by atoms with Crippen LogP contribution < -0.4 is 15.5 Å². The van der Waals surface area contributed by atoms with Crippen LogP contribution in [0.25, 0.3) is 21.9 Å². The summed E-state index contributed by atoms with van der Waals surface area (Å²) >= 11 is 0. The minimum absolute atomic E-state index is 0.128. The molecule has 51 heavy (non-hydrogen) atoms. The van der Waals surface area contributed by atoms with Gasteiger partial charge < -0.3 is 15.4 Å². The van der Waals surface area contributed by atoms with E-state index in [9.17, 15) is 14.4 Å². The Hall–Kier alpha value is -6.21. The van der Waals surface area contributed by atoms with Gasteiger partial charge in [-0.25, -0.2) is 9.59 Å². The molecule has 6 aromatic carbocycles. The second-order valence-electron chi connectivity index (χ2n) is 13.0. The van der Waals surface area contributed by atoms with Crippen molar-refractivity contribution >= 4 is 45.6 Å². The smallest absolute Gasteiger partial charge is 0.328 e. The molecule has 0 aliphatic carbocycles. The normalized spacial score (nSPS) is 11.5. The molecule has 0 saturated carbocycles. The minimum Gasteiger partial charge on any atom is -0.464 e. The van der Waals surface area contributed by atoms with Crippen LogP contribution in [0.5, 0.6) is 0 Å². The van der Waals surface area contributed by atoms with E-state index in [2.05, 4.69) is 10.6 Å². The number of hydrogen-bond acceptors (Lipinski definition) is 5. The maximum atomic E-state index is 13.4. The molecule has 0 fully saturated rings. The molecular formula is C44H41N3O4. The van der Waals surface area contributed by atoms with E-state index in [0.29, 0.717) is 29.8 Å². The van der Waals surface area contributed by atoms with Crippen molar-refractivity contribution in [3.8, 4) is 11.1 Å². The first kappa shape index (κ1) is 34.6. The Kier molecular flexibility index (Phi) is 10.9. The van der Waals surface area contributed by atoms with Crippen LogP contribution >= 0.6 is 0 Å². The number of hydrogen-bond donors (Lipinski definition) is 2. The molecule has 0 heterocycles. The van der Waals surface area contributed by atoms with Gasteiger partial charge in [0, 0.05) is 41.7 Å². The van der Waals surface area contributed by atoms with E-state index >= 15 is 0 Å². The molecular weight excluding hydrogens is 635 g/mol. The van der Waals surface area contributed by atoms with Gasteiger partial charge in [0.1, 0.15) is 6.04 Å². The van der Waals surface area contributed by atoms with Crippen molar-refractivity contribution in [1.82, 2.24) is 0 Å². The molecule has 0 bridgehead atoms. The number of anilines is 3. The van der Waals surface area contributed by atoms with Crippen LogP contribution in [0.1, 0.15) is 35.3 Å². The van der Waals surface area contributed by atoms with Crippen molar-refractivity contribution in [1.29, 1.82) is 0 Å². The number of para-hydroxylation sites is 1. The number of amides is 2. The Labute approximate surface area is 298 Å². The largest absolute Gasteiger partial charge is 0.464 e. The molecule has 6 rings (SSSR count). The second-order valence-corrected chi connectivity index (χ2v) is 13.0. The quantitative estimate of drug-likeness (QED) is 0.0997. The first-order valence-corrected chi connectivity index (χ1v) is 17.1. The average molecular weight is 676 g/mol. The molecule has 7 nitrogen and oxygen atoms in total. The van der Waals surface area contributed by atoms with E-state index in [1.54, 1.807) is 30.1 Å². The number of rotatable bonds is 12. The third kappa shape index (κ3) is 8.69. The van der Waals surface area contributed by atoms with E-state index in [-0.39, 0.29) is 23.7 Å². The number of fused-ring (bicyclic) bond motifs is 1. The summed E-state index contributed by atoms with van der Waals surface area (Å²) < 4.78 is 5.68. The van der Waals surface area contributed by atoms with E-state index in [1.807, 2.05) is 141 Å². The number of ketones is 1. The topological polar surface area (TPSA) is 87.7 Å². The Balaban J connectivity index is 1.17. The Morgan fingerprint density at radius 3 is 2.16 bits per heavy atom. The molecule has 256 valence electrons. The average Bonchev–Trinajstić information content (AvgIpc) is 3.17.